The van der Waals surface area contributed by atoms with Crippen LogP contribution in [0.2, 0.25) is 0 Å². The molecule has 8 unspecified atom stereocenters. The Labute approximate surface area is 330 Å². The van der Waals surface area contributed by atoms with E-state index in [0.717, 1.165) is 88.6 Å². The van der Waals surface area contributed by atoms with Crippen LogP contribution in [0, 0.1) is 56.7 Å². The van der Waals surface area contributed by atoms with Gasteiger partial charge in [-0.25, -0.2) is 0 Å². The average Bonchev–Trinajstić information content (AvgIpc) is 3.41. The van der Waals surface area contributed by atoms with E-state index in [-0.39, 0.29) is 46.0 Å². The van der Waals surface area contributed by atoms with Gasteiger partial charge in [0.2, 0.25) is 5.91 Å². The highest BCUT2D eigenvalue weighted by molar-refractivity contribution is 6.00. The fraction of sp³-hybridized carbons (Fsp3) is 0.761. The standard InChI is InChI=1S/C46H69N3O6/c1-29(2)39-34(51)25-46(20-23-49(24-22-48-30(3)50)28-31-11-10-21-47-27-31)19-14-33-32(40(39)46)12-13-36-44(33,8)17-15-35-43(6,7)37(16-18-45(35,36)9)55-38(52)26-42(4,5)41(53)54/h10-11,21,27,29,32-33,35-37H,12-20,22-26,28H2,1-9H3,(H,48,50)(H,53,54). The third kappa shape index (κ3) is 7.69. The van der Waals surface area contributed by atoms with Crippen LogP contribution < -0.4 is 5.32 Å². The minimum Gasteiger partial charge on any atom is -0.481 e. The highest BCUT2D eigenvalue weighted by Crippen LogP contribution is 2.73. The molecule has 0 bridgehead atoms. The van der Waals surface area contributed by atoms with E-state index in [4.69, 9.17) is 4.74 Å². The number of hydrogen-bond acceptors (Lipinski definition) is 7. The van der Waals surface area contributed by atoms with E-state index >= 15 is 0 Å². The van der Waals surface area contributed by atoms with Crippen LogP contribution >= 0.6 is 0 Å². The van der Waals surface area contributed by atoms with Crippen LogP contribution in [-0.2, 0) is 30.5 Å². The van der Waals surface area contributed by atoms with Crippen LogP contribution in [0.15, 0.2) is 35.7 Å². The van der Waals surface area contributed by atoms with E-state index in [1.807, 2.05) is 12.3 Å². The van der Waals surface area contributed by atoms with Crippen molar-refractivity contribution in [2.24, 2.45) is 56.7 Å². The van der Waals surface area contributed by atoms with Crippen molar-refractivity contribution >= 4 is 23.6 Å². The van der Waals surface area contributed by atoms with Gasteiger partial charge in [-0.3, -0.25) is 29.1 Å². The number of allylic oxidation sites excluding steroid dienone is 2. The van der Waals surface area contributed by atoms with E-state index in [1.54, 1.807) is 27.0 Å². The SMILES string of the molecule is CC(=O)NCCN(CCC12CCC3C(CCC4C3(C)CCC3C(C)(C)C(OC(=O)CC(C)(C)C(=O)O)CCC34C)C1=C(C(C)C)C(=O)C2)Cc1cccnc1. The molecule has 4 fully saturated rings. The number of fused-ring (bicyclic) bond motifs is 7. The topological polar surface area (TPSA) is 126 Å². The van der Waals surface area contributed by atoms with E-state index in [2.05, 4.69) is 62.8 Å². The zero-order chi connectivity index (χ0) is 40.1. The lowest BCUT2D eigenvalue weighted by Gasteiger charge is -2.69. The molecule has 0 aliphatic heterocycles. The van der Waals surface area contributed by atoms with Gasteiger partial charge in [-0.2, -0.15) is 0 Å². The van der Waals surface area contributed by atoms with Gasteiger partial charge in [0.1, 0.15) is 6.10 Å². The van der Waals surface area contributed by atoms with Gasteiger partial charge >= 0.3 is 11.9 Å². The Morgan fingerprint density at radius 2 is 1.73 bits per heavy atom. The van der Waals surface area contributed by atoms with Gasteiger partial charge in [0.15, 0.2) is 5.78 Å². The molecular weight excluding hydrogens is 691 g/mol. The maximum Gasteiger partial charge on any atom is 0.309 e. The number of hydrogen-bond donors (Lipinski definition) is 2. The second-order valence-corrected chi connectivity index (χ2v) is 20.4. The second-order valence-electron chi connectivity index (χ2n) is 20.4. The molecule has 1 aromatic rings. The summed E-state index contributed by atoms with van der Waals surface area (Å²) in [7, 11) is 0. The predicted octanol–water partition coefficient (Wildman–Crippen LogP) is 8.41. The summed E-state index contributed by atoms with van der Waals surface area (Å²) in [6, 6.07) is 4.09. The monoisotopic (exact) mass is 760 g/mol. The summed E-state index contributed by atoms with van der Waals surface area (Å²) in [5, 5.41) is 12.6. The number of aromatic nitrogens is 1. The number of ketones is 1. The van der Waals surface area contributed by atoms with Crippen LogP contribution in [0.25, 0.3) is 0 Å². The Morgan fingerprint density at radius 3 is 2.38 bits per heavy atom. The molecule has 0 radical (unpaired) electrons. The van der Waals surface area contributed by atoms with Crippen LogP contribution in [-0.4, -0.2) is 64.4 Å². The maximum absolute atomic E-state index is 14.1. The molecule has 4 saturated carbocycles. The van der Waals surface area contributed by atoms with E-state index in [0.29, 0.717) is 42.4 Å². The van der Waals surface area contributed by atoms with E-state index in [1.165, 1.54) is 5.57 Å². The highest BCUT2D eigenvalue weighted by Gasteiger charge is 2.66. The smallest absolute Gasteiger partial charge is 0.309 e. The van der Waals surface area contributed by atoms with Crippen molar-refractivity contribution < 1.29 is 29.0 Å². The molecule has 1 amide bonds. The molecule has 6 rings (SSSR count). The van der Waals surface area contributed by atoms with Gasteiger partial charge in [0.25, 0.3) is 0 Å². The number of amides is 1. The zero-order valence-corrected chi connectivity index (χ0v) is 35.3. The first-order valence-electron chi connectivity index (χ1n) is 21.3. The van der Waals surface area contributed by atoms with Crippen LogP contribution in [0.5, 0.6) is 0 Å². The highest BCUT2D eigenvalue weighted by atomic mass is 16.5. The largest absolute Gasteiger partial charge is 0.481 e. The van der Waals surface area contributed by atoms with Crippen molar-refractivity contribution in [3.8, 4) is 0 Å². The summed E-state index contributed by atoms with van der Waals surface area (Å²) < 4.78 is 6.18. The summed E-state index contributed by atoms with van der Waals surface area (Å²) in [4.78, 5) is 57.6. The average molecular weight is 760 g/mol. The Morgan fingerprint density at radius 1 is 1.00 bits per heavy atom. The first-order chi connectivity index (χ1) is 25.7. The summed E-state index contributed by atoms with van der Waals surface area (Å²) in [5.74, 6) is 1.08. The van der Waals surface area contributed by atoms with Gasteiger partial charge in [0.05, 0.1) is 11.8 Å². The fourth-order valence-corrected chi connectivity index (χ4v) is 13.3. The number of carboxylic acid groups (broad SMARTS) is 1. The maximum atomic E-state index is 14.1. The minimum atomic E-state index is -1.16. The lowest BCUT2D eigenvalue weighted by atomic mass is 9.36. The van der Waals surface area contributed by atoms with Crippen LogP contribution in [0.3, 0.4) is 0 Å². The molecule has 0 aromatic carbocycles. The minimum absolute atomic E-state index is 0.0180. The van der Waals surface area contributed by atoms with Crippen LogP contribution in [0.4, 0.5) is 0 Å². The number of rotatable bonds is 13. The number of nitrogens with one attached hydrogen (secondary N) is 1. The number of Topliss-reactive ketones (excluding diaryl/α,β-unsaturated/α-hetero) is 1. The summed E-state index contributed by atoms with van der Waals surface area (Å²) in [5.41, 5.74) is 2.58. The summed E-state index contributed by atoms with van der Waals surface area (Å²) >= 11 is 0. The quantitative estimate of drug-likeness (QED) is 0.192. The number of aliphatic carboxylic acids is 1. The summed E-state index contributed by atoms with van der Waals surface area (Å²) in [6.07, 6.45) is 13.5. The first-order valence-corrected chi connectivity index (χ1v) is 21.3. The normalized spacial score (nSPS) is 34.1. The molecule has 0 saturated heterocycles. The zero-order valence-electron chi connectivity index (χ0n) is 35.3. The molecule has 1 aromatic heterocycles. The van der Waals surface area contributed by atoms with Crippen molar-refractivity contribution in [1.29, 1.82) is 0 Å². The molecule has 8 atom stereocenters. The van der Waals surface area contributed by atoms with E-state index < -0.39 is 17.4 Å². The summed E-state index contributed by atoms with van der Waals surface area (Å²) in [6.45, 7) is 21.9. The van der Waals surface area contributed by atoms with Crippen molar-refractivity contribution in [2.45, 2.75) is 146 Å². The van der Waals surface area contributed by atoms with E-state index in [9.17, 15) is 24.3 Å². The molecule has 55 heavy (non-hydrogen) atoms. The number of ether oxygens (including phenoxy) is 1. The molecule has 5 aliphatic carbocycles. The van der Waals surface area contributed by atoms with Gasteiger partial charge in [-0.15, -0.1) is 0 Å². The lowest BCUT2D eigenvalue weighted by molar-refractivity contribution is -0.214. The van der Waals surface area contributed by atoms with Crippen LogP contribution in [0.1, 0.15) is 139 Å². The third-order valence-electron chi connectivity index (χ3n) is 16.0. The molecule has 0 spiro atoms. The Hall–Kier alpha value is -3.07. The Bertz CT molecular complexity index is 1670. The van der Waals surface area contributed by atoms with Gasteiger partial charge in [-0.1, -0.05) is 53.2 Å². The number of carbonyl (C=O) groups excluding carboxylic acids is 3. The lowest BCUT2D eigenvalue weighted by Crippen LogP contribution is -2.63. The molecule has 1 heterocycles. The molecule has 5 aliphatic rings. The van der Waals surface area contributed by atoms with Gasteiger partial charge in [0, 0.05) is 56.2 Å². The van der Waals surface area contributed by atoms with Crippen molar-refractivity contribution in [1.82, 2.24) is 15.2 Å². The Kier molecular flexibility index (Phi) is 11.6. The van der Waals surface area contributed by atoms with Crippen molar-refractivity contribution in [2.75, 3.05) is 19.6 Å². The molecular formula is C46H69N3O6. The second kappa shape index (κ2) is 15.4. The number of carboxylic acids is 1. The van der Waals surface area contributed by atoms with Crippen molar-refractivity contribution in [3.63, 3.8) is 0 Å². The number of esters is 1. The Balaban J connectivity index is 1.23. The third-order valence-corrected chi connectivity index (χ3v) is 16.0. The molecule has 9 nitrogen and oxygen atoms in total. The molecule has 304 valence electrons. The van der Waals surface area contributed by atoms with Gasteiger partial charge in [-0.05, 0) is 136 Å². The number of carbonyl (C=O) groups is 4. The predicted molar refractivity (Wildman–Crippen MR) is 214 cm³/mol. The molecule has 2 N–H and O–H groups in total. The number of pyridine rings is 1. The fourth-order valence-electron chi connectivity index (χ4n) is 13.3. The number of nitrogens with zero attached hydrogens (tertiary/aromatic N) is 2. The van der Waals surface area contributed by atoms with Gasteiger partial charge < -0.3 is 15.2 Å². The molecule has 9 heteroatoms. The first kappa shape index (κ1) is 41.6. The van der Waals surface area contributed by atoms with Crippen molar-refractivity contribution in [3.05, 3.63) is 41.2 Å².